The molecule has 0 unspecified atom stereocenters. The van der Waals surface area contributed by atoms with Crippen LogP contribution in [0.5, 0.6) is 11.5 Å². The molecule has 0 spiro atoms. The van der Waals surface area contributed by atoms with Gasteiger partial charge in [0.15, 0.2) is 11.5 Å². The van der Waals surface area contributed by atoms with Crippen LogP contribution in [0.2, 0.25) is 0 Å². The third-order valence-corrected chi connectivity index (χ3v) is 6.76. The summed E-state index contributed by atoms with van der Waals surface area (Å²) in [6, 6.07) is 25.5. The van der Waals surface area contributed by atoms with Crippen molar-refractivity contribution < 1.29 is 28.2 Å². The Labute approximate surface area is 238 Å². The number of urea groups is 1. The van der Waals surface area contributed by atoms with Crippen LogP contribution >= 0.6 is 15.9 Å². The number of para-hydroxylation sites is 2. The summed E-state index contributed by atoms with van der Waals surface area (Å²) < 4.78 is 25.9. The molecule has 0 aromatic heterocycles. The second-order valence-electron chi connectivity index (χ2n) is 8.71. The van der Waals surface area contributed by atoms with E-state index in [2.05, 4.69) is 15.9 Å². The fourth-order valence-electron chi connectivity index (χ4n) is 4.23. The van der Waals surface area contributed by atoms with E-state index in [1.54, 1.807) is 91.0 Å². The number of hydrogen-bond acceptors (Lipinski definition) is 5. The van der Waals surface area contributed by atoms with Gasteiger partial charge in [0.1, 0.15) is 18.0 Å². The molecule has 7 nitrogen and oxygen atoms in total. The van der Waals surface area contributed by atoms with Crippen LogP contribution in [-0.4, -0.2) is 25.0 Å². The lowest BCUT2D eigenvalue weighted by Crippen LogP contribution is -2.57. The number of amides is 4. The first kappa shape index (κ1) is 26.8. The zero-order valence-corrected chi connectivity index (χ0v) is 22.8. The Kier molecular flexibility index (Phi) is 7.75. The van der Waals surface area contributed by atoms with Crippen molar-refractivity contribution in [3.63, 3.8) is 0 Å². The summed E-state index contributed by atoms with van der Waals surface area (Å²) in [7, 11) is 1.44. The second kappa shape index (κ2) is 11.5. The van der Waals surface area contributed by atoms with Crippen molar-refractivity contribution >= 4 is 51.2 Å². The van der Waals surface area contributed by atoms with Crippen LogP contribution in [-0.2, 0) is 16.2 Å². The molecule has 40 heavy (non-hydrogen) atoms. The molecule has 0 bridgehead atoms. The van der Waals surface area contributed by atoms with Gasteiger partial charge in [-0.2, -0.15) is 0 Å². The smallest absolute Gasteiger partial charge is 0.343 e. The molecule has 1 heterocycles. The molecule has 0 aliphatic carbocycles. The first-order valence-corrected chi connectivity index (χ1v) is 13.0. The highest BCUT2D eigenvalue weighted by molar-refractivity contribution is 9.10. The molecule has 1 aliphatic rings. The van der Waals surface area contributed by atoms with E-state index < -0.39 is 23.7 Å². The highest BCUT2D eigenvalue weighted by Crippen LogP contribution is 2.38. The van der Waals surface area contributed by atoms with E-state index in [1.165, 1.54) is 19.3 Å². The predicted molar refractivity (Wildman–Crippen MR) is 153 cm³/mol. The van der Waals surface area contributed by atoms with Gasteiger partial charge in [0, 0.05) is 5.56 Å². The number of anilines is 2. The summed E-state index contributed by atoms with van der Waals surface area (Å²) >= 11 is 3.46. The number of ether oxygens (including phenoxy) is 2. The fraction of sp³-hybridized carbons (Fsp3) is 0.0645. The molecule has 200 valence electrons. The summed E-state index contributed by atoms with van der Waals surface area (Å²) in [6.07, 6.45) is 1.40. The number of imide groups is 2. The van der Waals surface area contributed by atoms with E-state index in [4.69, 9.17) is 9.47 Å². The van der Waals surface area contributed by atoms with Gasteiger partial charge in [-0.3, -0.25) is 9.59 Å². The number of halogens is 2. The summed E-state index contributed by atoms with van der Waals surface area (Å²) in [5, 5.41) is 0. The highest BCUT2D eigenvalue weighted by atomic mass is 79.9. The van der Waals surface area contributed by atoms with Crippen LogP contribution in [0.3, 0.4) is 0 Å². The number of barbiturate groups is 1. The number of benzene rings is 4. The lowest BCUT2D eigenvalue weighted by atomic mass is 10.0. The standard InChI is InChI=1S/C31H22BrFN2O5/c1-39-27-18-20(17-25(32)28(27)40-19-21-10-8-9-15-26(21)33)16-24-29(36)34(22-11-4-2-5-12-22)31(38)35(30(24)37)23-13-6-3-7-14-23/h2-18H,19H2,1H3. The van der Waals surface area contributed by atoms with Gasteiger partial charge < -0.3 is 9.47 Å². The molecule has 5 rings (SSSR count). The first-order valence-electron chi connectivity index (χ1n) is 12.2. The molecule has 0 atom stereocenters. The van der Waals surface area contributed by atoms with Gasteiger partial charge in [-0.05, 0) is 70.0 Å². The van der Waals surface area contributed by atoms with Crippen molar-refractivity contribution in [1.82, 2.24) is 0 Å². The van der Waals surface area contributed by atoms with E-state index in [0.717, 1.165) is 9.80 Å². The Morgan fingerprint density at radius 2 is 1.35 bits per heavy atom. The third kappa shape index (κ3) is 5.23. The molecule has 4 aromatic carbocycles. The zero-order chi connectivity index (χ0) is 28.2. The Hall–Kier alpha value is -4.76. The number of rotatable bonds is 7. The Morgan fingerprint density at radius 1 is 0.800 bits per heavy atom. The van der Waals surface area contributed by atoms with Crippen molar-refractivity contribution in [2.45, 2.75) is 6.61 Å². The highest BCUT2D eigenvalue weighted by Gasteiger charge is 2.43. The van der Waals surface area contributed by atoms with Crippen molar-refractivity contribution in [3.8, 4) is 11.5 Å². The zero-order valence-electron chi connectivity index (χ0n) is 21.2. The van der Waals surface area contributed by atoms with E-state index in [9.17, 15) is 18.8 Å². The summed E-state index contributed by atoms with van der Waals surface area (Å²) in [4.78, 5) is 42.6. The average molecular weight is 601 g/mol. The molecule has 1 saturated heterocycles. The Morgan fingerprint density at radius 3 is 1.90 bits per heavy atom. The van der Waals surface area contributed by atoms with Crippen LogP contribution < -0.4 is 19.3 Å². The van der Waals surface area contributed by atoms with E-state index in [1.807, 2.05) is 0 Å². The number of methoxy groups -OCH3 is 1. The maximum absolute atomic E-state index is 14.1. The van der Waals surface area contributed by atoms with Gasteiger partial charge in [-0.1, -0.05) is 54.6 Å². The molecular weight excluding hydrogens is 579 g/mol. The van der Waals surface area contributed by atoms with Crippen LogP contribution in [0.15, 0.2) is 107 Å². The monoisotopic (exact) mass is 600 g/mol. The van der Waals surface area contributed by atoms with E-state index in [0.29, 0.717) is 38.5 Å². The van der Waals surface area contributed by atoms with Gasteiger partial charge >= 0.3 is 6.03 Å². The van der Waals surface area contributed by atoms with Crippen LogP contribution in [0, 0.1) is 5.82 Å². The van der Waals surface area contributed by atoms with Gasteiger partial charge in [0.2, 0.25) is 0 Å². The SMILES string of the molecule is COc1cc(C=C2C(=O)N(c3ccccc3)C(=O)N(c3ccccc3)C2=O)cc(Br)c1OCc1ccccc1F. The fourth-order valence-corrected chi connectivity index (χ4v) is 4.81. The van der Waals surface area contributed by atoms with Gasteiger partial charge in [-0.15, -0.1) is 0 Å². The number of carbonyl (C=O) groups is 3. The number of nitrogens with zero attached hydrogens (tertiary/aromatic N) is 2. The Balaban J connectivity index is 1.55. The summed E-state index contributed by atoms with van der Waals surface area (Å²) in [5.74, 6) is -1.30. The molecule has 4 aromatic rings. The minimum absolute atomic E-state index is 0.0424. The Bertz CT molecular complexity index is 1560. The molecule has 1 aliphatic heterocycles. The summed E-state index contributed by atoms with van der Waals surface area (Å²) in [6.45, 7) is -0.0424. The minimum atomic E-state index is -0.778. The molecule has 9 heteroatoms. The number of hydrogen-bond donors (Lipinski definition) is 0. The van der Waals surface area contributed by atoms with Crippen molar-refractivity contribution in [1.29, 1.82) is 0 Å². The van der Waals surface area contributed by atoms with Gasteiger partial charge in [-0.25, -0.2) is 19.0 Å². The third-order valence-electron chi connectivity index (χ3n) is 6.17. The maximum Gasteiger partial charge on any atom is 0.343 e. The summed E-state index contributed by atoms with van der Waals surface area (Å²) in [5.41, 5.74) is 1.24. The molecule has 4 amide bonds. The van der Waals surface area contributed by atoms with Crippen molar-refractivity contribution in [2.24, 2.45) is 0 Å². The largest absolute Gasteiger partial charge is 0.493 e. The normalized spacial score (nSPS) is 13.5. The predicted octanol–water partition coefficient (Wildman–Crippen LogP) is 6.76. The lowest BCUT2D eigenvalue weighted by Gasteiger charge is -2.34. The quantitative estimate of drug-likeness (QED) is 0.173. The van der Waals surface area contributed by atoms with Crippen molar-refractivity contribution in [2.75, 3.05) is 16.9 Å². The second-order valence-corrected chi connectivity index (χ2v) is 9.56. The van der Waals surface area contributed by atoms with E-state index in [-0.39, 0.29) is 12.2 Å². The molecule has 0 N–H and O–H groups in total. The van der Waals surface area contributed by atoms with E-state index >= 15 is 0 Å². The first-order chi connectivity index (χ1) is 19.4. The molecular formula is C31H22BrFN2O5. The average Bonchev–Trinajstić information content (AvgIpc) is 2.96. The minimum Gasteiger partial charge on any atom is -0.493 e. The molecule has 1 fully saturated rings. The van der Waals surface area contributed by atoms with Crippen LogP contribution in [0.25, 0.3) is 6.08 Å². The van der Waals surface area contributed by atoms with Crippen LogP contribution in [0.1, 0.15) is 11.1 Å². The topological polar surface area (TPSA) is 76.2 Å². The number of carbonyl (C=O) groups excluding carboxylic acids is 3. The van der Waals surface area contributed by atoms with Gasteiger partial charge in [0.25, 0.3) is 11.8 Å². The van der Waals surface area contributed by atoms with Crippen molar-refractivity contribution in [3.05, 3.63) is 124 Å². The molecule has 0 saturated carbocycles. The maximum atomic E-state index is 14.1. The molecule has 0 radical (unpaired) electrons. The van der Waals surface area contributed by atoms with Gasteiger partial charge in [0.05, 0.1) is 23.0 Å². The lowest BCUT2D eigenvalue weighted by molar-refractivity contribution is -0.121. The van der Waals surface area contributed by atoms with Crippen LogP contribution in [0.4, 0.5) is 20.6 Å².